The molecular formula is C16H26N2O3S. The lowest BCUT2D eigenvalue weighted by Crippen LogP contribution is -2.35. The molecular weight excluding hydrogens is 300 g/mol. The number of nitrogens with zero attached hydrogens (tertiary/aromatic N) is 1. The lowest BCUT2D eigenvalue weighted by molar-refractivity contribution is 0.0785. The van der Waals surface area contributed by atoms with Crippen LogP contribution in [0.3, 0.4) is 0 Å². The van der Waals surface area contributed by atoms with Gasteiger partial charge in [-0.3, -0.25) is 4.79 Å². The van der Waals surface area contributed by atoms with Gasteiger partial charge in [0, 0.05) is 19.6 Å². The van der Waals surface area contributed by atoms with Gasteiger partial charge in [-0.05, 0) is 24.5 Å². The molecule has 0 aromatic heterocycles. The summed E-state index contributed by atoms with van der Waals surface area (Å²) < 4.78 is 24.2. The third kappa shape index (κ3) is 4.55. The first-order valence-electron chi connectivity index (χ1n) is 7.53. The van der Waals surface area contributed by atoms with Gasteiger partial charge >= 0.3 is 0 Å². The highest BCUT2D eigenvalue weighted by Crippen LogP contribution is 2.19. The van der Waals surface area contributed by atoms with Crippen LogP contribution in [-0.2, 0) is 9.84 Å². The van der Waals surface area contributed by atoms with Crippen LogP contribution >= 0.6 is 0 Å². The predicted octanol–water partition coefficient (Wildman–Crippen LogP) is 1.93. The van der Waals surface area contributed by atoms with Crippen molar-refractivity contribution in [1.82, 2.24) is 4.90 Å². The number of hydrogen-bond acceptors (Lipinski definition) is 4. The summed E-state index contributed by atoms with van der Waals surface area (Å²) in [6, 6.07) is 6.37. The van der Waals surface area contributed by atoms with E-state index in [2.05, 4.69) is 0 Å². The molecule has 0 heterocycles. The molecule has 1 unspecified atom stereocenters. The zero-order chi connectivity index (χ0) is 16.9. The van der Waals surface area contributed by atoms with Gasteiger partial charge in [-0.2, -0.15) is 0 Å². The Morgan fingerprint density at radius 1 is 1.27 bits per heavy atom. The van der Waals surface area contributed by atoms with Gasteiger partial charge in [-0.1, -0.05) is 32.9 Å². The van der Waals surface area contributed by atoms with E-state index in [0.717, 1.165) is 0 Å². The second kappa shape index (κ2) is 7.74. The summed E-state index contributed by atoms with van der Waals surface area (Å²) in [5, 5.41) is 0. The van der Waals surface area contributed by atoms with Gasteiger partial charge in [0.2, 0.25) is 0 Å². The fraction of sp³-hybridized carbons (Fsp3) is 0.562. The lowest BCUT2D eigenvalue weighted by Gasteiger charge is -2.22. The number of sulfone groups is 1. The highest BCUT2D eigenvalue weighted by Gasteiger charge is 2.23. The van der Waals surface area contributed by atoms with Crippen LogP contribution in [0.15, 0.2) is 29.2 Å². The molecule has 0 fully saturated rings. The molecule has 6 heteroatoms. The maximum Gasteiger partial charge on any atom is 0.254 e. The number of carbonyl (C=O) groups excluding carboxylic acids is 1. The van der Waals surface area contributed by atoms with Crippen molar-refractivity contribution in [2.45, 2.75) is 38.1 Å². The van der Waals surface area contributed by atoms with E-state index in [1.807, 2.05) is 13.8 Å². The normalized spacial score (nSPS) is 13.2. The number of amides is 1. The van der Waals surface area contributed by atoms with E-state index >= 15 is 0 Å². The molecule has 0 aliphatic heterocycles. The zero-order valence-corrected chi connectivity index (χ0v) is 14.6. The van der Waals surface area contributed by atoms with E-state index in [1.54, 1.807) is 32.2 Å². The third-order valence-electron chi connectivity index (χ3n) is 3.83. The smallest absolute Gasteiger partial charge is 0.254 e. The Morgan fingerprint density at radius 2 is 1.86 bits per heavy atom. The Balaban J connectivity index is 2.95. The topological polar surface area (TPSA) is 80.5 Å². The van der Waals surface area contributed by atoms with Gasteiger partial charge in [0.15, 0.2) is 9.84 Å². The van der Waals surface area contributed by atoms with Crippen LogP contribution < -0.4 is 5.73 Å². The van der Waals surface area contributed by atoms with Gasteiger partial charge in [-0.25, -0.2) is 8.42 Å². The van der Waals surface area contributed by atoms with E-state index in [1.165, 1.54) is 11.0 Å². The van der Waals surface area contributed by atoms with Crippen LogP contribution in [0.2, 0.25) is 0 Å². The van der Waals surface area contributed by atoms with Crippen molar-refractivity contribution in [2.24, 2.45) is 11.7 Å². The predicted molar refractivity (Wildman–Crippen MR) is 88.6 cm³/mol. The molecule has 1 rings (SSSR count). The van der Waals surface area contributed by atoms with Crippen molar-refractivity contribution in [3.05, 3.63) is 29.8 Å². The minimum Gasteiger partial charge on any atom is -0.342 e. The van der Waals surface area contributed by atoms with Crippen LogP contribution in [0.1, 0.15) is 37.6 Å². The molecule has 124 valence electrons. The lowest BCUT2D eigenvalue weighted by atomic mass is 10.0. The van der Waals surface area contributed by atoms with Gasteiger partial charge in [0.1, 0.15) is 0 Å². The van der Waals surface area contributed by atoms with Crippen molar-refractivity contribution in [1.29, 1.82) is 0 Å². The molecule has 0 aliphatic rings. The molecule has 0 aliphatic carbocycles. The van der Waals surface area contributed by atoms with E-state index in [-0.39, 0.29) is 28.2 Å². The minimum atomic E-state index is -3.42. The maximum absolute atomic E-state index is 12.5. The molecule has 0 bridgehead atoms. The summed E-state index contributed by atoms with van der Waals surface area (Å²) in [4.78, 5) is 14.2. The summed E-state index contributed by atoms with van der Waals surface area (Å²) in [7, 11) is -1.75. The minimum absolute atomic E-state index is 0.0184. The molecule has 0 saturated carbocycles. The molecule has 0 spiro atoms. The highest BCUT2D eigenvalue weighted by atomic mass is 32.2. The second-order valence-electron chi connectivity index (χ2n) is 5.82. The largest absolute Gasteiger partial charge is 0.342 e. The third-order valence-corrected chi connectivity index (χ3v) is 5.62. The Bertz CT molecular complexity index is 612. The monoisotopic (exact) mass is 326 g/mol. The van der Waals surface area contributed by atoms with Crippen LogP contribution in [0.5, 0.6) is 0 Å². The number of nitrogens with two attached hydrogens (primary N) is 1. The quantitative estimate of drug-likeness (QED) is 0.830. The summed E-state index contributed by atoms with van der Waals surface area (Å²) in [5.74, 6) is 0.0269. The standard InChI is InChI=1S/C16H26N2O3S/c1-5-22(20,21)15-9-7-6-8-13(15)16(19)18(4)11-10-14(17)12(2)3/h6-9,12,14H,5,10-11,17H2,1-4H3. The Morgan fingerprint density at radius 3 is 2.41 bits per heavy atom. The van der Waals surface area contributed by atoms with Gasteiger partial charge in [0.05, 0.1) is 16.2 Å². The summed E-state index contributed by atoms with van der Waals surface area (Å²) >= 11 is 0. The Kier molecular flexibility index (Phi) is 6.56. The van der Waals surface area contributed by atoms with Crippen molar-refractivity contribution in [3.8, 4) is 0 Å². The van der Waals surface area contributed by atoms with E-state index < -0.39 is 9.84 Å². The second-order valence-corrected chi connectivity index (χ2v) is 8.07. The van der Waals surface area contributed by atoms with Crippen LogP contribution in [-0.4, -0.2) is 44.6 Å². The zero-order valence-electron chi connectivity index (χ0n) is 13.7. The summed E-state index contributed by atoms with van der Waals surface area (Å²) in [6.45, 7) is 6.14. The number of carbonyl (C=O) groups is 1. The molecule has 0 radical (unpaired) electrons. The first-order valence-corrected chi connectivity index (χ1v) is 9.18. The molecule has 1 atom stereocenters. The summed E-state index contributed by atoms with van der Waals surface area (Å²) in [6.07, 6.45) is 0.683. The maximum atomic E-state index is 12.5. The van der Waals surface area contributed by atoms with Crippen molar-refractivity contribution in [3.63, 3.8) is 0 Å². The Hall–Kier alpha value is -1.40. The molecule has 1 amide bonds. The molecule has 1 aromatic carbocycles. The molecule has 0 saturated heterocycles. The summed E-state index contributed by atoms with van der Waals surface area (Å²) in [5.41, 5.74) is 6.22. The number of hydrogen-bond donors (Lipinski definition) is 1. The average Bonchev–Trinajstić information content (AvgIpc) is 2.51. The first-order chi connectivity index (χ1) is 10.2. The van der Waals surface area contributed by atoms with Crippen LogP contribution in [0.25, 0.3) is 0 Å². The molecule has 2 N–H and O–H groups in total. The first kappa shape index (κ1) is 18.6. The van der Waals surface area contributed by atoms with Crippen LogP contribution in [0, 0.1) is 5.92 Å². The van der Waals surface area contributed by atoms with Crippen molar-refractivity contribution < 1.29 is 13.2 Å². The number of rotatable bonds is 7. The van der Waals surface area contributed by atoms with Crippen molar-refractivity contribution >= 4 is 15.7 Å². The van der Waals surface area contributed by atoms with Crippen molar-refractivity contribution in [2.75, 3.05) is 19.3 Å². The van der Waals surface area contributed by atoms with Crippen LogP contribution in [0.4, 0.5) is 0 Å². The van der Waals surface area contributed by atoms with Gasteiger partial charge in [0.25, 0.3) is 5.91 Å². The van der Waals surface area contributed by atoms with E-state index in [9.17, 15) is 13.2 Å². The van der Waals surface area contributed by atoms with Gasteiger partial charge in [-0.15, -0.1) is 0 Å². The fourth-order valence-corrected chi connectivity index (χ4v) is 3.14. The SMILES string of the molecule is CCS(=O)(=O)c1ccccc1C(=O)N(C)CCC(N)C(C)C. The number of benzene rings is 1. The van der Waals surface area contributed by atoms with Gasteiger partial charge < -0.3 is 10.6 Å². The van der Waals surface area contributed by atoms with E-state index in [4.69, 9.17) is 5.73 Å². The molecule has 5 nitrogen and oxygen atoms in total. The Labute approximate surface area is 133 Å². The van der Waals surface area contributed by atoms with E-state index in [0.29, 0.717) is 18.9 Å². The molecule has 1 aromatic rings. The fourth-order valence-electron chi connectivity index (χ4n) is 2.05. The average molecular weight is 326 g/mol. The molecule has 22 heavy (non-hydrogen) atoms. The highest BCUT2D eigenvalue weighted by molar-refractivity contribution is 7.91.